The van der Waals surface area contributed by atoms with Gasteiger partial charge in [-0.05, 0) is 61.3 Å². The third kappa shape index (κ3) is 2.01. The minimum Gasteiger partial charge on any atom is -0.352 e. The van der Waals surface area contributed by atoms with E-state index in [1.807, 2.05) is 0 Å². The number of amides is 1. The molecule has 0 aromatic carbocycles. The Kier molecular flexibility index (Phi) is 3.39. The number of hydrogen-bond donors (Lipinski definition) is 2. The standard InChI is InChI=1S/C17H30N2O/c1-16(2)12-7-8-17(3,9-12)15(16)19-14(20)13-6-4-5-11(13)10-18/h11-13,15H,4-10,18H2,1-3H3,(H,19,20). The van der Waals surface area contributed by atoms with Crippen LogP contribution >= 0.6 is 0 Å². The third-order valence-corrected chi connectivity index (χ3v) is 6.85. The zero-order valence-corrected chi connectivity index (χ0v) is 13.2. The zero-order chi connectivity index (χ0) is 14.5. The molecule has 3 heteroatoms. The fraction of sp³-hybridized carbons (Fsp3) is 0.941. The van der Waals surface area contributed by atoms with Crippen LogP contribution in [0.5, 0.6) is 0 Å². The van der Waals surface area contributed by atoms with Gasteiger partial charge in [0.25, 0.3) is 0 Å². The summed E-state index contributed by atoms with van der Waals surface area (Å²) >= 11 is 0. The predicted octanol–water partition coefficient (Wildman–Crippen LogP) is 2.69. The van der Waals surface area contributed by atoms with Crippen LogP contribution in [0.3, 0.4) is 0 Å². The summed E-state index contributed by atoms with van der Waals surface area (Å²) < 4.78 is 0. The summed E-state index contributed by atoms with van der Waals surface area (Å²) in [4.78, 5) is 12.7. The molecule has 5 unspecified atom stereocenters. The Morgan fingerprint density at radius 2 is 2.00 bits per heavy atom. The molecule has 3 nitrogen and oxygen atoms in total. The lowest BCUT2D eigenvalue weighted by atomic mass is 9.68. The molecule has 5 atom stereocenters. The van der Waals surface area contributed by atoms with Gasteiger partial charge < -0.3 is 11.1 Å². The number of rotatable bonds is 3. The minimum atomic E-state index is 0.165. The lowest BCUT2D eigenvalue weighted by Gasteiger charge is -2.43. The van der Waals surface area contributed by atoms with Gasteiger partial charge in [-0.3, -0.25) is 4.79 Å². The van der Waals surface area contributed by atoms with Crippen LogP contribution < -0.4 is 11.1 Å². The number of nitrogens with two attached hydrogens (primary N) is 1. The van der Waals surface area contributed by atoms with Crippen molar-refractivity contribution in [2.24, 2.45) is 34.3 Å². The topological polar surface area (TPSA) is 55.1 Å². The lowest BCUT2D eigenvalue weighted by Crippen LogP contribution is -2.54. The zero-order valence-electron chi connectivity index (χ0n) is 13.2. The molecular weight excluding hydrogens is 248 g/mol. The third-order valence-electron chi connectivity index (χ3n) is 6.85. The summed E-state index contributed by atoms with van der Waals surface area (Å²) in [6.45, 7) is 7.73. The second-order valence-electron chi connectivity index (χ2n) is 8.39. The lowest BCUT2D eigenvalue weighted by molar-refractivity contribution is -0.128. The number of carbonyl (C=O) groups excluding carboxylic acids is 1. The summed E-state index contributed by atoms with van der Waals surface area (Å²) in [5.74, 6) is 1.64. The molecule has 2 bridgehead atoms. The van der Waals surface area contributed by atoms with Crippen molar-refractivity contribution < 1.29 is 4.79 Å². The van der Waals surface area contributed by atoms with Crippen LogP contribution in [0.4, 0.5) is 0 Å². The van der Waals surface area contributed by atoms with Gasteiger partial charge in [-0.15, -0.1) is 0 Å². The summed E-state index contributed by atoms with van der Waals surface area (Å²) in [7, 11) is 0. The van der Waals surface area contributed by atoms with Crippen molar-refractivity contribution in [1.82, 2.24) is 5.32 Å². The molecule has 0 aliphatic heterocycles. The number of fused-ring (bicyclic) bond motifs is 2. The van der Waals surface area contributed by atoms with E-state index in [1.54, 1.807) is 0 Å². The van der Waals surface area contributed by atoms with Crippen LogP contribution in [-0.4, -0.2) is 18.5 Å². The largest absolute Gasteiger partial charge is 0.352 e. The summed E-state index contributed by atoms with van der Waals surface area (Å²) in [6.07, 6.45) is 7.22. The fourth-order valence-corrected chi connectivity index (χ4v) is 5.58. The van der Waals surface area contributed by atoms with E-state index in [4.69, 9.17) is 5.73 Å². The number of hydrogen-bond acceptors (Lipinski definition) is 2. The predicted molar refractivity (Wildman–Crippen MR) is 81.0 cm³/mol. The molecule has 0 saturated heterocycles. The first-order valence-electron chi connectivity index (χ1n) is 8.39. The molecule has 3 fully saturated rings. The molecule has 0 radical (unpaired) electrons. The van der Waals surface area contributed by atoms with Crippen LogP contribution in [0.25, 0.3) is 0 Å². The summed E-state index contributed by atoms with van der Waals surface area (Å²) in [6, 6.07) is 0.347. The van der Waals surface area contributed by atoms with Crippen LogP contribution in [0.15, 0.2) is 0 Å². The van der Waals surface area contributed by atoms with Gasteiger partial charge in [-0.25, -0.2) is 0 Å². The van der Waals surface area contributed by atoms with Gasteiger partial charge in [0.15, 0.2) is 0 Å². The Labute approximate surface area is 123 Å². The van der Waals surface area contributed by atoms with E-state index in [0.717, 1.165) is 25.2 Å². The quantitative estimate of drug-likeness (QED) is 0.834. The summed E-state index contributed by atoms with van der Waals surface area (Å²) in [5.41, 5.74) is 6.40. The summed E-state index contributed by atoms with van der Waals surface area (Å²) in [5, 5.41) is 3.45. The molecule has 0 aromatic heterocycles. The van der Waals surface area contributed by atoms with Crippen LogP contribution in [-0.2, 0) is 4.79 Å². The molecule has 0 aromatic rings. The Bertz CT molecular complexity index is 401. The Balaban J connectivity index is 1.73. The molecule has 3 aliphatic rings. The second-order valence-corrected chi connectivity index (χ2v) is 8.39. The maximum Gasteiger partial charge on any atom is 0.223 e. The molecule has 0 spiro atoms. The van der Waals surface area contributed by atoms with Gasteiger partial charge in [-0.1, -0.05) is 27.2 Å². The second kappa shape index (κ2) is 4.72. The van der Waals surface area contributed by atoms with Crippen molar-refractivity contribution in [3.05, 3.63) is 0 Å². The van der Waals surface area contributed by atoms with E-state index in [9.17, 15) is 4.79 Å². The molecular formula is C17H30N2O. The van der Waals surface area contributed by atoms with Gasteiger partial charge in [0.2, 0.25) is 5.91 Å². The average Bonchev–Trinajstić information content (AvgIpc) is 3.04. The van der Waals surface area contributed by atoms with Crippen molar-refractivity contribution in [2.75, 3.05) is 6.54 Å². The van der Waals surface area contributed by atoms with Crippen molar-refractivity contribution >= 4 is 5.91 Å². The first-order valence-corrected chi connectivity index (χ1v) is 8.39. The smallest absolute Gasteiger partial charge is 0.223 e. The Hall–Kier alpha value is -0.570. The van der Waals surface area contributed by atoms with Gasteiger partial charge in [0, 0.05) is 12.0 Å². The molecule has 3 rings (SSSR count). The Morgan fingerprint density at radius 1 is 1.25 bits per heavy atom. The molecule has 3 saturated carbocycles. The van der Waals surface area contributed by atoms with Gasteiger partial charge in [0.05, 0.1) is 0 Å². The molecule has 20 heavy (non-hydrogen) atoms. The van der Waals surface area contributed by atoms with Crippen LogP contribution in [0, 0.1) is 28.6 Å². The molecule has 3 N–H and O–H groups in total. The highest BCUT2D eigenvalue weighted by molar-refractivity contribution is 5.80. The maximum atomic E-state index is 12.7. The van der Waals surface area contributed by atoms with Crippen molar-refractivity contribution in [2.45, 2.75) is 65.3 Å². The maximum absolute atomic E-state index is 12.7. The highest BCUT2D eigenvalue weighted by Gasteiger charge is 2.60. The highest BCUT2D eigenvalue weighted by Crippen LogP contribution is 2.62. The van der Waals surface area contributed by atoms with Gasteiger partial charge in [0.1, 0.15) is 0 Å². The van der Waals surface area contributed by atoms with Gasteiger partial charge in [-0.2, -0.15) is 0 Å². The van der Waals surface area contributed by atoms with Crippen LogP contribution in [0.1, 0.15) is 59.3 Å². The normalized spacial score (nSPS) is 45.8. The highest BCUT2D eigenvalue weighted by atomic mass is 16.2. The van der Waals surface area contributed by atoms with E-state index in [1.165, 1.54) is 19.3 Å². The van der Waals surface area contributed by atoms with Crippen molar-refractivity contribution in [1.29, 1.82) is 0 Å². The first kappa shape index (κ1) is 14.4. The van der Waals surface area contributed by atoms with E-state index < -0.39 is 0 Å². The number of carbonyl (C=O) groups is 1. The Morgan fingerprint density at radius 3 is 2.60 bits per heavy atom. The molecule has 3 aliphatic carbocycles. The van der Waals surface area contributed by atoms with Gasteiger partial charge >= 0.3 is 0 Å². The van der Waals surface area contributed by atoms with Crippen molar-refractivity contribution in [3.8, 4) is 0 Å². The average molecular weight is 278 g/mol. The van der Waals surface area contributed by atoms with Crippen LogP contribution in [0.2, 0.25) is 0 Å². The fourth-order valence-electron chi connectivity index (χ4n) is 5.58. The number of nitrogens with one attached hydrogen (secondary N) is 1. The van der Waals surface area contributed by atoms with E-state index in [-0.39, 0.29) is 17.2 Å². The first-order chi connectivity index (χ1) is 9.38. The molecule has 0 heterocycles. The SMILES string of the molecule is CC12CCC(C1)C(C)(C)C2NC(=O)C1CCCC1CN. The van der Waals surface area contributed by atoms with E-state index in [0.29, 0.717) is 23.9 Å². The minimum absolute atomic E-state index is 0.165. The monoisotopic (exact) mass is 278 g/mol. The van der Waals surface area contributed by atoms with Crippen molar-refractivity contribution in [3.63, 3.8) is 0 Å². The molecule has 1 amide bonds. The van der Waals surface area contributed by atoms with E-state index in [2.05, 4.69) is 26.1 Å². The molecule has 114 valence electrons. The van der Waals surface area contributed by atoms with E-state index >= 15 is 0 Å².